The lowest BCUT2D eigenvalue weighted by Crippen LogP contribution is -2.43. The summed E-state index contributed by atoms with van der Waals surface area (Å²) in [7, 11) is 0. The van der Waals surface area contributed by atoms with E-state index in [-0.39, 0.29) is 4.34 Å². The zero-order valence-electron chi connectivity index (χ0n) is 12.3. The summed E-state index contributed by atoms with van der Waals surface area (Å²) in [6.07, 6.45) is -10.4. The second kappa shape index (κ2) is 6.20. The zero-order valence-corrected chi connectivity index (χ0v) is 13.8. The number of alkyl halides is 6. The summed E-state index contributed by atoms with van der Waals surface area (Å²) in [5.41, 5.74) is -7.93. The highest BCUT2D eigenvalue weighted by Crippen LogP contribution is 2.50. The molecule has 0 saturated heterocycles. The van der Waals surface area contributed by atoms with Crippen molar-refractivity contribution < 1.29 is 31.4 Å². The van der Waals surface area contributed by atoms with Crippen LogP contribution in [0.1, 0.15) is 27.1 Å². The fraction of sp³-hybridized carbons (Fsp3) is 0.267. The van der Waals surface area contributed by atoms with E-state index in [0.29, 0.717) is 23.5 Å². The molecule has 25 heavy (non-hydrogen) atoms. The number of halogens is 7. The van der Waals surface area contributed by atoms with Gasteiger partial charge in [-0.05, 0) is 30.7 Å². The molecule has 0 aliphatic rings. The van der Waals surface area contributed by atoms with Crippen molar-refractivity contribution in [2.45, 2.75) is 24.9 Å². The molecule has 0 bridgehead atoms. The van der Waals surface area contributed by atoms with Gasteiger partial charge >= 0.3 is 12.4 Å². The van der Waals surface area contributed by atoms with Crippen LogP contribution in [-0.4, -0.2) is 11.3 Å². The average Bonchev–Trinajstić information content (AvgIpc) is 2.90. The van der Waals surface area contributed by atoms with Gasteiger partial charge in [-0.1, -0.05) is 17.7 Å². The first-order chi connectivity index (χ1) is 11.3. The highest BCUT2D eigenvalue weighted by Gasteiger charge is 2.58. The summed E-state index contributed by atoms with van der Waals surface area (Å²) in [6.45, 7) is 0.783. The second-order valence-electron chi connectivity index (χ2n) is 5.08. The summed E-state index contributed by atoms with van der Waals surface area (Å²) in [5.74, 6) is 0. The lowest BCUT2D eigenvalue weighted by atomic mass is 9.84. The summed E-state index contributed by atoms with van der Waals surface area (Å²) in [5, 5.41) is 19.2. The molecule has 0 fully saturated rings. The molecule has 0 amide bonds. The molecule has 0 aliphatic heterocycles. The van der Waals surface area contributed by atoms with Crippen LogP contribution in [-0.2, 0) is 11.8 Å². The number of hydrogen-bond acceptors (Lipinski definition) is 3. The van der Waals surface area contributed by atoms with E-state index in [4.69, 9.17) is 16.9 Å². The fourth-order valence-corrected chi connectivity index (χ4v) is 3.66. The summed E-state index contributed by atoms with van der Waals surface area (Å²) >= 11 is 6.01. The smallest absolute Gasteiger partial charge is 0.372 e. The molecule has 0 radical (unpaired) electrons. The Labute approximate surface area is 146 Å². The molecule has 1 aromatic carbocycles. The van der Waals surface area contributed by atoms with Crippen LogP contribution in [0.5, 0.6) is 0 Å². The molecule has 10 heteroatoms. The summed E-state index contributed by atoms with van der Waals surface area (Å²) in [4.78, 5) is -0.675. The molecule has 2 aromatic rings. The van der Waals surface area contributed by atoms with Crippen molar-refractivity contribution >= 4 is 22.9 Å². The first kappa shape index (κ1) is 19.6. The first-order valence-electron chi connectivity index (χ1n) is 6.50. The van der Waals surface area contributed by atoms with Gasteiger partial charge in [-0.25, -0.2) is 0 Å². The maximum absolute atomic E-state index is 13.6. The number of nitrogens with zero attached hydrogens (tertiary/aromatic N) is 1. The predicted molar refractivity (Wildman–Crippen MR) is 79.3 cm³/mol. The van der Waals surface area contributed by atoms with E-state index in [1.807, 2.05) is 0 Å². The van der Waals surface area contributed by atoms with Crippen molar-refractivity contribution in [3.8, 4) is 6.07 Å². The molecule has 0 spiro atoms. The zero-order chi connectivity index (χ0) is 19.2. The molecule has 0 aliphatic carbocycles. The molecular weight excluding hydrogens is 392 g/mol. The van der Waals surface area contributed by atoms with E-state index in [1.54, 1.807) is 0 Å². The van der Waals surface area contributed by atoms with Crippen LogP contribution in [0.3, 0.4) is 0 Å². The quantitative estimate of drug-likeness (QED) is 0.687. The normalized spacial score (nSPS) is 14.9. The Hall–Kier alpha value is -1.76. The van der Waals surface area contributed by atoms with Gasteiger partial charge in [0, 0.05) is 5.56 Å². The van der Waals surface area contributed by atoms with E-state index >= 15 is 0 Å². The fourth-order valence-electron chi connectivity index (χ4n) is 2.50. The summed E-state index contributed by atoms with van der Waals surface area (Å²) < 4.78 is 80.6. The molecule has 1 heterocycles. The maximum Gasteiger partial charge on any atom is 0.426 e. The Morgan fingerprint density at radius 3 is 2.08 bits per heavy atom. The van der Waals surface area contributed by atoms with E-state index in [9.17, 15) is 31.4 Å². The molecule has 1 unspecified atom stereocenters. The minimum absolute atomic E-state index is 0.0694. The van der Waals surface area contributed by atoms with Gasteiger partial charge < -0.3 is 5.11 Å². The van der Waals surface area contributed by atoms with E-state index < -0.39 is 45.1 Å². The Bertz CT molecular complexity index is 851. The minimum atomic E-state index is -5.32. The number of benzene rings is 1. The third-order valence-electron chi connectivity index (χ3n) is 3.60. The van der Waals surface area contributed by atoms with Crippen LogP contribution in [0.4, 0.5) is 26.3 Å². The number of rotatable bonds is 2. The second-order valence-corrected chi connectivity index (χ2v) is 6.80. The number of thiophene rings is 1. The van der Waals surface area contributed by atoms with E-state index in [0.717, 1.165) is 19.1 Å². The van der Waals surface area contributed by atoms with Crippen molar-refractivity contribution in [3.63, 3.8) is 0 Å². The highest BCUT2D eigenvalue weighted by molar-refractivity contribution is 7.16. The minimum Gasteiger partial charge on any atom is -0.372 e. The van der Waals surface area contributed by atoms with Crippen molar-refractivity contribution in [2.24, 2.45) is 0 Å². The van der Waals surface area contributed by atoms with Gasteiger partial charge in [-0.3, -0.25) is 0 Å². The number of hydrogen-bond donors (Lipinski definition) is 1. The molecule has 1 atom stereocenters. The van der Waals surface area contributed by atoms with E-state index in [2.05, 4.69) is 0 Å². The standard InChI is InChI=1S/C15H8ClF6NOS/c1-7-9(3-2-8(6-23)12(7)14(17,18)19)13(24,15(20,21)22)10-4-5-11(16)25-10/h2-5,24H,1H3. The summed E-state index contributed by atoms with van der Waals surface area (Å²) in [6, 6.07) is 4.58. The SMILES string of the molecule is Cc1c(C(O)(c2ccc(Cl)s2)C(F)(F)F)ccc(C#N)c1C(F)(F)F. The first-order valence-corrected chi connectivity index (χ1v) is 7.69. The highest BCUT2D eigenvalue weighted by atomic mass is 35.5. The lowest BCUT2D eigenvalue weighted by Gasteiger charge is -2.32. The van der Waals surface area contributed by atoms with Crippen molar-refractivity contribution in [3.05, 3.63) is 55.7 Å². The van der Waals surface area contributed by atoms with Crippen molar-refractivity contribution in [1.29, 1.82) is 5.26 Å². The van der Waals surface area contributed by atoms with Gasteiger partial charge in [-0.2, -0.15) is 31.6 Å². The van der Waals surface area contributed by atoms with Gasteiger partial charge in [0.2, 0.25) is 5.60 Å². The van der Waals surface area contributed by atoms with Gasteiger partial charge in [0.25, 0.3) is 0 Å². The average molecular weight is 400 g/mol. The van der Waals surface area contributed by atoms with Gasteiger partial charge in [0.05, 0.1) is 26.4 Å². The third kappa shape index (κ3) is 3.21. The van der Waals surface area contributed by atoms with Crippen LogP contribution in [0.25, 0.3) is 0 Å². The Kier molecular flexibility index (Phi) is 4.85. The van der Waals surface area contributed by atoms with Crippen molar-refractivity contribution in [2.75, 3.05) is 0 Å². The monoisotopic (exact) mass is 399 g/mol. The van der Waals surface area contributed by atoms with Crippen LogP contribution in [0.2, 0.25) is 4.34 Å². The molecule has 0 saturated carbocycles. The Balaban J connectivity index is 2.88. The number of nitriles is 1. The Morgan fingerprint density at radius 2 is 1.68 bits per heavy atom. The molecular formula is C15H8ClF6NOS. The predicted octanol–water partition coefficient (Wildman–Crippen LogP) is 5.40. The van der Waals surface area contributed by atoms with Crippen molar-refractivity contribution in [1.82, 2.24) is 0 Å². The van der Waals surface area contributed by atoms with E-state index in [1.165, 1.54) is 6.07 Å². The van der Waals surface area contributed by atoms with Crippen LogP contribution >= 0.6 is 22.9 Å². The van der Waals surface area contributed by atoms with Crippen LogP contribution in [0.15, 0.2) is 24.3 Å². The van der Waals surface area contributed by atoms with Crippen LogP contribution < -0.4 is 0 Å². The van der Waals surface area contributed by atoms with Gasteiger partial charge in [0.1, 0.15) is 0 Å². The molecule has 2 rings (SSSR count). The Morgan fingerprint density at radius 1 is 1.08 bits per heavy atom. The molecule has 2 nitrogen and oxygen atoms in total. The third-order valence-corrected chi connectivity index (χ3v) is 4.94. The topological polar surface area (TPSA) is 44.0 Å². The lowest BCUT2D eigenvalue weighted by molar-refractivity contribution is -0.247. The maximum atomic E-state index is 13.6. The van der Waals surface area contributed by atoms with Gasteiger partial charge in [-0.15, -0.1) is 11.3 Å². The largest absolute Gasteiger partial charge is 0.426 e. The number of aliphatic hydroxyl groups is 1. The molecule has 134 valence electrons. The van der Waals surface area contributed by atoms with Gasteiger partial charge in [0.15, 0.2) is 0 Å². The molecule has 1 aromatic heterocycles. The van der Waals surface area contributed by atoms with Crippen LogP contribution in [0, 0.1) is 18.3 Å². The molecule has 1 N–H and O–H groups in total.